The summed E-state index contributed by atoms with van der Waals surface area (Å²) in [6, 6.07) is 17.9. The minimum absolute atomic E-state index is 0.0611. The van der Waals surface area contributed by atoms with Crippen LogP contribution in [0.2, 0.25) is 0 Å². The van der Waals surface area contributed by atoms with Crippen LogP contribution in [0, 0.1) is 0 Å². The Hall–Kier alpha value is -3.45. The van der Waals surface area contributed by atoms with Crippen molar-refractivity contribution in [2.75, 3.05) is 18.2 Å². The number of carbonyl (C=O) groups excluding carboxylic acids is 1. The van der Waals surface area contributed by atoms with Gasteiger partial charge < -0.3 is 19.6 Å². The maximum absolute atomic E-state index is 12.5. The fourth-order valence-electron chi connectivity index (χ4n) is 3.12. The molecule has 2 N–H and O–H groups in total. The van der Waals surface area contributed by atoms with Crippen molar-refractivity contribution in [2.24, 2.45) is 0 Å². The lowest BCUT2D eigenvalue weighted by atomic mass is 10.1. The van der Waals surface area contributed by atoms with Crippen molar-refractivity contribution >= 4 is 51.3 Å². The summed E-state index contributed by atoms with van der Waals surface area (Å²) in [5.74, 6) is -0.714. The molecule has 1 amide bonds. The number of rotatable bonds is 6. The summed E-state index contributed by atoms with van der Waals surface area (Å²) in [5, 5.41) is 14.0. The summed E-state index contributed by atoms with van der Waals surface area (Å²) in [6.45, 7) is 0. The molecular formula is C22H17NO5S. The van der Waals surface area contributed by atoms with Gasteiger partial charge in [-0.2, -0.15) is 0 Å². The van der Waals surface area contributed by atoms with Gasteiger partial charge in [0.15, 0.2) is 0 Å². The van der Waals surface area contributed by atoms with Gasteiger partial charge in [-0.3, -0.25) is 4.79 Å². The number of amides is 1. The summed E-state index contributed by atoms with van der Waals surface area (Å²) in [5.41, 5.74) is 2.07. The van der Waals surface area contributed by atoms with Crippen molar-refractivity contribution in [2.45, 2.75) is 4.90 Å². The van der Waals surface area contributed by atoms with Crippen LogP contribution in [0.15, 0.2) is 70.0 Å². The fraction of sp³-hybridized carbons (Fsp3) is 0.0909. The van der Waals surface area contributed by atoms with Gasteiger partial charge in [0.05, 0.1) is 24.1 Å². The number of fused-ring (bicyclic) bond motifs is 3. The summed E-state index contributed by atoms with van der Waals surface area (Å²) in [6.07, 6.45) is 0. The number of carboxylic acids is 1. The third-order valence-corrected chi connectivity index (χ3v) is 5.52. The van der Waals surface area contributed by atoms with E-state index in [9.17, 15) is 14.7 Å². The molecule has 0 radical (unpaired) electrons. The number of carbonyl (C=O) groups is 2. The van der Waals surface area contributed by atoms with Crippen molar-refractivity contribution in [3.8, 4) is 5.75 Å². The predicted octanol–water partition coefficient (Wildman–Crippen LogP) is 5.02. The SMILES string of the molecule is COc1cc2c(cc1NC(=O)CSc1ccccc1C(=O)O)oc1ccccc12. The molecule has 0 aliphatic rings. The van der Waals surface area contributed by atoms with Crippen molar-refractivity contribution in [3.63, 3.8) is 0 Å². The molecule has 29 heavy (non-hydrogen) atoms. The number of nitrogens with one attached hydrogen (secondary N) is 1. The minimum Gasteiger partial charge on any atom is -0.495 e. The average molecular weight is 407 g/mol. The van der Waals surface area contributed by atoms with Crippen LogP contribution in [0.4, 0.5) is 5.69 Å². The maximum Gasteiger partial charge on any atom is 0.336 e. The number of hydrogen-bond acceptors (Lipinski definition) is 5. The van der Waals surface area contributed by atoms with E-state index >= 15 is 0 Å². The molecule has 0 bridgehead atoms. The number of hydrogen-bond donors (Lipinski definition) is 2. The summed E-state index contributed by atoms with van der Waals surface area (Å²) in [4.78, 5) is 24.3. The summed E-state index contributed by atoms with van der Waals surface area (Å²) >= 11 is 1.17. The molecule has 0 aliphatic carbocycles. The Bertz CT molecular complexity index is 1230. The van der Waals surface area contributed by atoms with Crippen LogP contribution >= 0.6 is 11.8 Å². The second-order valence-electron chi connectivity index (χ2n) is 6.29. The van der Waals surface area contributed by atoms with Crippen molar-refractivity contribution in [1.29, 1.82) is 0 Å². The molecule has 0 saturated heterocycles. The number of furan rings is 1. The molecule has 146 valence electrons. The molecule has 3 aromatic carbocycles. The highest BCUT2D eigenvalue weighted by Gasteiger charge is 2.15. The Morgan fingerprint density at radius 2 is 1.79 bits per heavy atom. The van der Waals surface area contributed by atoms with E-state index in [1.807, 2.05) is 30.3 Å². The number of aromatic carboxylic acids is 1. The lowest BCUT2D eigenvalue weighted by Gasteiger charge is -2.11. The van der Waals surface area contributed by atoms with Crippen LogP contribution in [0.1, 0.15) is 10.4 Å². The van der Waals surface area contributed by atoms with Gasteiger partial charge >= 0.3 is 5.97 Å². The monoisotopic (exact) mass is 407 g/mol. The van der Waals surface area contributed by atoms with Gasteiger partial charge in [0.1, 0.15) is 16.9 Å². The first-order chi connectivity index (χ1) is 14.1. The largest absolute Gasteiger partial charge is 0.495 e. The van der Waals surface area contributed by atoms with E-state index in [-0.39, 0.29) is 17.2 Å². The average Bonchev–Trinajstić information content (AvgIpc) is 3.09. The molecule has 1 heterocycles. The maximum atomic E-state index is 12.5. The van der Waals surface area contributed by atoms with Crippen LogP contribution in [0.3, 0.4) is 0 Å². The van der Waals surface area contributed by atoms with E-state index in [1.165, 1.54) is 24.9 Å². The zero-order valence-corrected chi connectivity index (χ0v) is 16.3. The molecule has 4 rings (SSSR count). The van der Waals surface area contributed by atoms with Crippen molar-refractivity contribution < 1.29 is 23.8 Å². The van der Waals surface area contributed by atoms with Crippen molar-refractivity contribution in [3.05, 3.63) is 66.2 Å². The number of thioether (sulfide) groups is 1. The van der Waals surface area contributed by atoms with Crippen LogP contribution in [0.5, 0.6) is 5.75 Å². The standard InChI is InChI=1S/C22H17NO5S/c1-27-19-10-15-13-6-2-4-8-17(13)28-18(15)11-16(19)23-21(24)12-29-20-9-5-3-7-14(20)22(25)26/h2-11H,12H2,1H3,(H,23,24)(H,25,26). The first kappa shape index (κ1) is 18.9. The highest BCUT2D eigenvalue weighted by molar-refractivity contribution is 8.00. The third kappa shape index (κ3) is 3.77. The topological polar surface area (TPSA) is 88.8 Å². The van der Waals surface area contributed by atoms with Crippen LogP contribution < -0.4 is 10.1 Å². The van der Waals surface area contributed by atoms with E-state index in [4.69, 9.17) is 9.15 Å². The number of carboxylic acid groups (broad SMARTS) is 1. The van der Waals surface area contributed by atoms with E-state index < -0.39 is 5.97 Å². The Morgan fingerprint density at radius 1 is 1.03 bits per heavy atom. The second kappa shape index (κ2) is 7.89. The van der Waals surface area contributed by atoms with Crippen LogP contribution in [0.25, 0.3) is 21.9 Å². The van der Waals surface area contributed by atoms with Gasteiger partial charge in [0.25, 0.3) is 0 Å². The molecule has 0 saturated carbocycles. The molecule has 7 heteroatoms. The quantitative estimate of drug-likeness (QED) is 0.436. The second-order valence-corrected chi connectivity index (χ2v) is 7.30. The number of para-hydroxylation sites is 1. The Morgan fingerprint density at radius 3 is 2.59 bits per heavy atom. The molecule has 0 atom stereocenters. The predicted molar refractivity (Wildman–Crippen MR) is 113 cm³/mol. The van der Waals surface area contributed by atoms with Gasteiger partial charge in [-0.15, -0.1) is 11.8 Å². The molecule has 0 spiro atoms. The molecule has 1 aromatic heterocycles. The number of ether oxygens (including phenoxy) is 1. The lowest BCUT2D eigenvalue weighted by Crippen LogP contribution is -2.15. The van der Waals surface area contributed by atoms with Gasteiger partial charge in [-0.25, -0.2) is 4.79 Å². The summed E-state index contributed by atoms with van der Waals surface area (Å²) in [7, 11) is 1.54. The smallest absolute Gasteiger partial charge is 0.336 e. The summed E-state index contributed by atoms with van der Waals surface area (Å²) < 4.78 is 11.3. The molecule has 0 unspecified atom stereocenters. The van der Waals surface area contributed by atoms with Crippen LogP contribution in [-0.2, 0) is 4.79 Å². The number of anilines is 1. The lowest BCUT2D eigenvalue weighted by molar-refractivity contribution is -0.113. The van der Waals surface area contributed by atoms with E-state index in [0.717, 1.165) is 16.4 Å². The molecular weight excluding hydrogens is 390 g/mol. The Kier molecular flexibility index (Phi) is 5.14. The zero-order chi connectivity index (χ0) is 20.4. The fourth-order valence-corrected chi connectivity index (χ4v) is 3.96. The first-order valence-corrected chi connectivity index (χ1v) is 9.79. The van der Waals surface area contributed by atoms with Gasteiger partial charge in [0.2, 0.25) is 5.91 Å². The van der Waals surface area contributed by atoms with E-state index in [0.29, 0.717) is 21.9 Å². The Labute approximate surface area is 170 Å². The van der Waals surface area contributed by atoms with Crippen molar-refractivity contribution in [1.82, 2.24) is 0 Å². The van der Waals surface area contributed by atoms with Gasteiger partial charge in [0, 0.05) is 21.7 Å². The number of methoxy groups -OCH3 is 1. The van der Waals surface area contributed by atoms with Gasteiger partial charge in [-0.05, 0) is 24.3 Å². The Balaban J connectivity index is 1.56. The first-order valence-electron chi connectivity index (χ1n) is 8.81. The zero-order valence-electron chi connectivity index (χ0n) is 15.5. The highest BCUT2D eigenvalue weighted by atomic mass is 32.2. The van der Waals surface area contributed by atoms with E-state index in [1.54, 1.807) is 24.3 Å². The molecule has 0 fully saturated rings. The molecule has 0 aliphatic heterocycles. The molecule has 6 nitrogen and oxygen atoms in total. The van der Waals surface area contributed by atoms with Gasteiger partial charge in [-0.1, -0.05) is 30.3 Å². The minimum atomic E-state index is -1.02. The number of benzene rings is 3. The third-order valence-electron chi connectivity index (χ3n) is 4.45. The highest BCUT2D eigenvalue weighted by Crippen LogP contribution is 2.36. The van der Waals surface area contributed by atoms with Crippen LogP contribution in [-0.4, -0.2) is 29.8 Å². The van der Waals surface area contributed by atoms with E-state index in [2.05, 4.69) is 5.32 Å². The normalized spacial score (nSPS) is 10.9. The molecule has 4 aromatic rings.